The van der Waals surface area contributed by atoms with Gasteiger partial charge in [0.25, 0.3) is 0 Å². The largest absolute Gasteiger partial charge is 0.496 e. The van der Waals surface area contributed by atoms with E-state index < -0.39 is 0 Å². The van der Waals surface area contributed by atoms with E-state index >= 15 is 0 Å². The molecule has 206 valence electrons. The van der Waals surface area contributed by atoms with Gasteiger partial charge in [-0.1, -0.05) is 54.1 Å². The quantitative estimate of drug-likeness (QED) is 0.268. The first-order chi connectivity index (χ1) is 18.8. The van der Waals surface area contributed by atoms with Crippen LogP contribution < -0.4 is 14.8 Å². The van der Waals surface area contributed by atoms with Gasteiger partial charge in [-0.2, -0.15) is 0 Å². The maximum absolute atomic E-state index is 11.4. The summed E-state index contributed by atoms with van der Waals surface area (Å²) >= 11 is 6.08. The van der Waals surface area contributed by atoms with Gasteiger partial charge in [0, 0.05) is 24.1 Å². The topological polar surface area (TPSA) is 56.8 Å². The number of allylic oxidation sites excluding steroid dienone is 1. The first-order valence-corrected chi connectivity index (χ1v) is 13.9. The van der Waals surface area contributed by atoms with E-state index in [1.165, 1.54) is 5.56 Å². The van der Waals surface area contributed by atoms with Gasteiger partial charge in [-0.05, 0) is 91.6 Å². The molecule has 5 nitrogen and oxygen atoms in total. The Morgan fingerprint density at radius 2 is 1.72 bits per heavy atom. The first-order valence-electron chi connectivity index (χ1n) is 13.6. The third kappa shape index (κ3) is 8.11. The summed E-state index contributed by atoms with van der Waals surface area (Å²) in [4.78, 5) is 11.4. The van der Waals surface area contributed by atoms with Crippen molar-refractivity contribution in [3.63, 3.8) is 0 Å². The zero-order valence-electron chi connectivity index (χ0n) is 23.1. The van der Waals surface area contributed by atoms with E-state index in [0.717, 1.165) is 71.4 Å². The number of benzene rings is 3. The van der Waals surface area contributed by atoms with E-state index in [0.29, 0.717) is 18.2 Å². The summed E-state index contributed by atoms with van der Waals surface area (Å²) in [5, 5.41) is 3.56. The molecule has 3 aromatic rings. The molecule has 0 radical (unpaired) electrons. The Morgan fingerprint density at radius 3 is 2.44 bits per heavy atom. The Morgan fingerprint density at radius 1 is 0.974 bits per heavy atom. The summed E-state index contributed by atoms with van der Waals surface area (Å²) in [5.41, 5.74) is 6.55. The minimum Gasteiger partial charge on any atom is -0.496 e. The molecule has 0 heterocycles. The second-order valence-corrected chi connectivity index (χ2v) is 10.6. The van der Waals surface area contributed by atoms with Crippen LogP contribution >= 0.6 is 11.6 Å². The molecule has 0 saturated heterocycles. The molecule has 1 N–H and O–H groups in total. The molecule has 6 heteroatoms. The minimum absolute atomic E-state index is 0.0207. The number of hydrogen-bond donors (Lipinski definition) is 1. The summed E-state index contributed by atoms with van der Waals surface area (Å²) in [6.45, 7) is 8.76. The van der Waals surface area contributed by atoms with Gasteiger partial charge in [-0.3, -0.25) is 4.79 Å². The van der Waals surface area contributed by atoms with Crippen LogP contribution in [0.1, 0.15) is 56.2 Å². The van der Waals surface area contributed by atoms with Gasteiger partial charge in [-0.15, -0.1) is 0 Å². The third-order valence-corrected chi connectivity index (χ3v) is 7.40. The van der Waals surface area contributed by atoms with Gasteiger partial charge < -0.3 is 19.5 Å². The van der Waals surface area contributed by atoms with Crippen LogP contribution in [-0.2, 0) is 22.6 Å². The predicted molar refractivity (Wildman–Crippen MR) is 158 cm³/mol. The highest BCUT2D eigenvalue weighted by Crippen LogP contribution is 2.33. The normalized spacial score (nSPS) is 16.9. The molecule has 39 heavy (non-hydrogen) atoms. The van der Waals surface area contributed by atoms with Crippen molar-refractivity contribution in [1.82, 2.24) is 5.32 Å². The van der Waals surface area contributed by atoms with Crippen molar-refractivity contribution in [3.8, 4) is 22.6 Å². The second kappa shape index (κ2) is 13.7. The molecule has 1 aliphatic rings. The lowest BCUT2D eigenvalue weighted by Crippen LogP contribution is -2.28. The maximum Gasteiger partial charge on any atom is 0.216 e. The molecule has 0 unspecified atom stereocenters. The van der Waals surface area contributed by atoms with Crippen LogP contribution in [-0.4, -0.2) is 31.8 Å². The first kappa shape index (κ1) is 28.7. The molecule has 0 aliphatic heterocycles. The summed E-state index contributed by atoms with van der Waals surface area (Å²) in [7, 11) is 1.65. The fourth-order valence-corrected chi connectivity index (χ4v) is 5.16. The van der Waals surface area contributed by atoms with Crippen molar-refractivity contribution in [2.75, 3.05) is 13.7 Å². The molecule has 4 rings (SSSR count). The summed E-state index contributed by atoms with van der Waals surface area (Å²) in [5.74, 6) is 1.60. The molecule has 0 bridgehead atoms. The summed E-state index contributed by atoms with van der Waals surface area (Å²) in [6, 6.07) is 20.4. The molecular formula is C33H38ClNO4. The van der Waals surface area contributed by atoms with Crippen LogP contribution in [0.3, 0.4) is 0 Å². The standard InChI is InChI=1S/C33H38ClNO4/c1-22(2)25-6-5-7-26(18-25)32-20-31(11-9-24(32)16-17-35-23(3)36)39-30-14-12-29(13-15-30)38-21-27-8-10-28(34)19-33(27)37-4/h5-11,18-20,29-30H,1,12-17,21H2,2-4H3,(H,35,36). The highest BCUT2D eigenvalue weighted by Gasteiger charge is 2.24. The molecule has 1 amide bonds. The number of amides is 1. The predicted octanol–water partition coefficient (Wildman–Crippen LogP) is 7.63. The minimum atomic E-state index is -0.0207. The van der Waals surface area contributed by atoms with E-state index in [2.05, 4.69) is 48.3 Å². The van der Waals surface area contributed by atoms with Gasteiger partial charge in [0.1, 0.15) is 11.5 Å². The van der Waals surface area contributed by atoms with Crippen molar-refractivity contribution in [2.45, 2.75) is 64.8 Å². The fraction of sp³-hybridized carbons (Fsp3) is 0.364. The van der Waals surface area contributed by atoms with E-state index in [-0.39, 0.29) is 18.1 Å². The van der Waals surface area contributed by atoms with Crippen LogP contribution in [0.25, 0.3) is 16.7 Å². The summed E-state index contributed by atoms with van der Waals surface area (Å²) < 4.78 is 18.1. The van der Waals surface area contributed by atoms with Crippen molar-refractivity contribution >= 4 is 23.1 Å². The second-order valence-electron chi connectivity index (χ2n) is 10.2. The average Bonchev–Trinajstić information content (AvgIpc) is 2.93. The van der Waals surface area contributed by atoms with Crippen molar-refractivity contribution in [2.24, 2.45) is 0 Å². The molecule has 3 aromatic carbocycles. The molecular weight excluding hydrogens is 510 g/mol. The van der Waals surface area contributed by atoms with Gasteiger partial charge in [0.15, 0.2) is 0 Å². The van der Waals surface area contributed by atoms with Crippen molar-refractivity contribution in [3.05, 3.63) is 89.0 Å². The number of nitrogens with one attached hydrogen (secondary N) is 1. The number of carbonyl (C=O) groups excluding carboxylic acids is 1. The summed E-state index contributed by atoms with van der Waals surface area (Å²) in [6.07, 6.45) is 4.86. The Labute approximate surface area is 237 Å². The van der Waals surface area contributed by atoms with E-state index in [4.69, 9.17) is 25.8 Å². The highest BCUT2D eigenvalue weighted by molar-refractivity contribution is 6.30. The molecule has 1 fully saturated rings. The number of carbonyl (C=O) groups is 1. The van der Waals surface area contributed by atoms with Crippen LogP contribution in [0, 0.1) is 0 Å². The van der Waals surface area contributed by atoms with Gasteiger partial charge in [0.2, 0.25) is 5.91 Å². The number of rotatable bonds is 11. The van der Waals surface area contributed by atoms with E-state index in [9.17, 15) is 4.79 Å². The lowest BCUT2D eigenvalue weighted by Gasteiger charge is -2.29. The number of halogens is 1. The van der Waals surface area contributed by atoms with Crippen LogP contribution in [0.4, 0.5) is 0 Å². The number of hydrogen-bond acceptors (Lipinski definition) is 4. The molecule has 0 atom stereocenters. The lowest BCUT2D eigenvalue weighted by molar-refractivity contribution is -0.118. The smallest absolute Gasteiger partial charge is 0.216 e. The van der Waals surface area contributed by atoms with E-state index in [1.807, 2.05) is 31.2 Å². The Kier molecular flexibility index (Phi) is 10.1. The zero-order valence-corrected chi connectivity index (χ0v) is 23.9. The van der Waals surface area contributed by atoms with Crippen LogP contribution in [0.2, 0.25) is 5.02 Å². The third-order valence-electron chi connectivity index (χ3n) is 7.16. The number of ether oxygens (including phenoxy) is 3. The Hall–Kier alpha value is -3.28. The SMILES string of the molecule is C=C(C)c1cccc(-c2cc(OC3CCC(OCc4ccc(Cl)cc4OC)CC3)ccc2CCNC(C)=O)c1. The fourth-order valence-electron chi connectivity index (χ4n) is 5.00. The molecule has 1 saturated carbocycles. The zero-order chi connectivity index (χ0) is 27.8. The van der Waals surface area contributed by atoms with Gasteiger partial charge >= 0.3 is 0 Å². The lowest BCUT2D eigenvalue weighted by atomic mass is 9.93. The highest BCUT2D eigenvalue weighted by atomic mass is 35.5. The van der Waals surface area contributed by atoms with Gasteiger partial charge in [-0.25, -0.2) is 0 Å². The molecule has 0 aromatic heterocycles. The van der Waals surface area contributed by atoms with E-state index in [1.54, 1.807) is 14.0 Å². The van der Waals surface area contributed by atoms with Crippen LogP contribution in [0.15, 0.2) is 67.2 Å². The Balaban J connectivity index is 1.40. The monoisotopic (exact) mass is 547 g/mol. The van der Waals surface area contributed by atoms with Gasteiger partial charge in [0.05, 0.1) is 25.9 Å². The van der Waals surface area contributed by atoms with Crippen molar-refractivity contribution < 1.29 is 19.0 Å². The van der Waals surface area contributed by atoms with Crippen LogP contribution in [0.5, 0.6) is 11.5 Å². The number of methoxy groups -OCH3 is 1. The average molecular weight is 548 g/mol. The Bertz CT molecular complexity index is 1300. The maximum atomic E-state index is 11.4. The van der Waals surface area contributed by atoms with Crippen molar-refractivity contribution in [1.29, 1.82) is 0 Å². The molecule has 1 aliphatic carbocycles. The molecule has 0 spiro atoms.